The van der Waals surface area contributed by atoms with Crippen LogP contribution in [0.1, 0.15) is 42.6 Å². The number of carbonyl (C=O) groups excluding carboxylic acids is 2. The van der Waals surface area contributed by atoms with Crippen LogP contribution in [0.4, 0.5) is 11.4 Å². The molecule has 0 aliphatic rings. The lowest BCUT2D eigenvalue weighted by Gasteiger charge is -2.08. The van der Waals surface area contributed by atoms with Crippen molar-refractivity contribution in [3.8, 4) is 0 Å². The predicted molar refractivity (Wildman–Crippen MR) is 93.8 cm³/mol. The molecule has 0 fully saturated rings. The largest absolute Gasteiger partial charge is 0.326 e. The van der Waals surface area contributed by atoms with Crippen LogP contribution in [-0.2, 0) is 11.2 Å². The first-order valence-electron chi connectivity index (χ1n) is 7.86. The molecule has 0 unspecified atom stereocenters. The van der Waals surface area contributed by atoms with Gasteiger partial charge in [0.25, 0.3) is 5.91 Å². The molecular formula is C19H22N2O2. The smallest absolute Gasteiger partial charge is 0.255 e. The summed E-state index contributed by atoms with van der Waals surface area (Å²) in [6.45, 7) is 3.62. The molecule has 120 valence electrons. The number of unbranched alkanes of at least 4 members (excludes halogenated alkanes) is 1. The van der Waals surface area contributed by atoms with Crippen molar-refractivity contribution in [1.29, 1.82) is 0 Å². The molecule has 2 N–H and O–H groups in total. The van der Waals surface area contributed by atoms with Crippen molar-refractivity contribution in [1.82, 2.24) is 0 Å². The lowest BCUT2D eigenvalue weighted by Crippen LogP contribution is -2.12. The third-order valence-corrected chi connectivity index (χ3v) is 3.50. The van der Waals surface area contributed by atoms with Crippen molar-refractivity contribution in [3.63, 3.8) is 0 Å². The van der Waals surface area contributed by atoms with Gasteiger partial charge >= 0.3 is 0 Å². The SMILES string of the molecule is CCCCc1ccc(NC(=O)c2ccc(NC(C)=O)cc2)cc1. The zero-order valence-electron chi connectivity index (χ0n) is 13.6. The van der Waals surface area contributed by atoms with Gasteiger partial charge < -0.3 is 10.6 Å². The van der Waals surface area contributed by atoms with E-state index in [1.54, 1.807) is 24.3 Å². The van der Waals surface area contributed by atoms with Gasteiger partial charge in [-0.05, 0) is 54.8 Å². The first kappa shape index (κ1) is 16.7. The molecule has 0 spiro atoms. The molecule has 4 heteroatoms. The third-order valence-electron chi connectivity index (χ3n) is 3.50. The Morgan fingerprint density at radius 3 is 2.00 bits per heavy atom. The number of carbonyl (C=O) groups is 2. The number of aryl methyl sites for hydroxylation is 1. The van der Waals surface area contributed by atoms with Crippen LogP contribution in [0.3, 0.4) is 0 Å². The second kappa shape index (κ2) is 8.13. The number of rotatable bonds is 6. The Morgan fingerprint density at radius 2 is 1.43 bits per heavy atom. The monoisotopic (exact) mass is 310 g/mol. The second-order valence-corrected chi connectivity index (χ2v) is 5.51. The van der Waals surface area contributed by atoms with Crippen LogP contribution in [0.15, 0.2) is 48.5 Å². The van der Waals surface area contributed by atoms with Crippen molar-refractivity contribution < 1.29 is 9.59 Å². The second-order valence-electron chi connectivity index (χ2n) is 5.51. The number of hydrogen-bond acceptors (Lipinski definition) is 2. The first-order valence-corrected chi connectivity index (χ1v) is 7.86. The van der Waals surface area contributed by atoms with Gasteiger partial charge in [0.15, 0.2) is 0 Å². The summed E-state index contributed by atoms with van der Waals surface area (Å²) < 4.78 is 0. The molecule has 0 saturated carbocycles. The van der Waals surface area contributed by atoms with E-state index in [1.165, 1.54) is 25.3 Å². The molecule has 0 aromatic heterocycles. The average molecular weight is 310 g/mol. The van der Waals surface area contributed by atoms with Crippen molar-refractivity contribution in [2.24, 2.45) is 0 Å². The number of benzene rings is 2. The first-order chi connectivity index (χ1) is 11.1. The van der Waals surface area contributed by atoms with E-state index in [2.05, 4.69) is 17.6 Å². The fourth-order valence-electron chi connectivity index (χ4n) is 2.25. The van der Waals surface area contributed by atoms with E-state index in [9.17, 15) is 9.59 Å². The molecule has 0 heterocycles. The molecule has 23 heavy (non-hydrogen) atoms. The molecule has 2 rings (SSSR count). The minimum Gasteiger partial charge on any atom is -0.326 e. The Hall–Kier alpha value is -2.62. The quantitative estimate of drug-likeness (QED) is 0.838. The number of anilines is 2. The predicted octanol–water partition coefficient (Wildman–Crippen LogP) is 4.24. The molecular weight excluding hydrogens is 288 g/mol. The maximum Gasteiger partial charge on any atom is 0.255 e. The van der Waals surface area contributed by atoms with Gasteiger partial charge in [-0.3, -0.25) is 9.59 Å². The summed E-state index contributed by atoms with van der Waals surface area (Å²) in [5.74, 6) is -0.300. The standard InChI is InChI=1S/C19H22N2O2/c1-3-4-5-15-6-10-18(11-7-15)21-19(23)16-8-12-17(13-9-16)20-14(2)22/h6-13H,3-5H2,1-2H3,(H,20,22)(H,21,23). The normalized spacial score (nSPS) is 10.2. The van der Waals surface area contributed by atoms with Crippen LogP contribution >= 0.6 is 0 Å². The Balaban J connectivity index is 1.96. The van der Waals surface area contributed by atoms with E-state index in [0.717, 1.165) is 12.1 Å². The van der Waals surface area contributed by atoms with E-state index in [0.29, 0.717) is 11.3 Å². The summed E-state index contributed by atoms with van der Waals surface area (Å²) in [7, 11) is 0. The molecule has 2 amide bonds. The summed E-state index contributed by atoms with van der Waals surface area (Å²) in [5, 5.41) is 5.55. The fraction of sp³-hybridized carbons (Fsp3) is 0.263. The minimum atomic E-state index is -0.166. The lowest BCUT2D eigenvalue weighted by atomic mass is 10.1. The maximum atomic E-state index is 12.2. The van der Waals surface area contributed by atoms with Crippen LogP contribution in [0, 0.1) is 0 Å². The van der Waals surface area contributed by atoms with Gasteiger partial charge in [0.2, 0.25) is 5.91 Å². The van der Waals surface area contributed by atoms with Crippen LogP contribution in [0.5, 0.6) is 0 Å². The molecule has 4 nitrogen and oxygen atoms in total. The summed E-state index contributed by atoms with van der Waals surface area (Å²) in [6, 6.07) is 14.8. The van der Waals surface area contributed by atoms with Crippen molar-refractivity contribution in [2.75, 3.05) is 10.6 Å². The Bertz CT molecular complexity index is 661. The highest BCUT2D eigenvalue weighted by atomic mass is 16.2. The van der Waals surface area contributed by atoms with E-state index in [4.69, 9.17) is 0 Å². The topological polar surface area (TPSA) is 58.2 Å². The Morgan fingerprint density at radius 1 is 0.870 bits per heavy atom. The Kier molecular flexibility index (Phi) is 5.92. The van der Waals surface area contributed by atoms with Crippen molar-refractivity contribution in [3.05, 3.63) is 59.7 Å². The molecule has 0 radical (unpaired) electrons. The summed E-state index contributed by atoms with van der Waals surface area (Å²) in [6.07, 6.45) is 3.41. The summed E-state index contributed by atoms with van der Waals surface area (Å²) in [4.78, 5) is 23.2. The van der Waals surface area contributed by atoms with Gasteiger partial charge in [-0.1, -0.05) is 25.5 Å². The van der Waals surface area contributed by atoms with E-state index < -0.39 is 0 Å². The van der Waals surface area contributed by atoms with Gasteiger partial charge in [0, 0.05) is 23.9 Å². The minimum absolute atomic E-state index is 0.134. The van der Waals surface area contributed by atoms with Gasteiger partial charge in [0.05, 0.1) is 0 Å². The highest BCUT2D eigenvalue weighted by molar-refractivity contribution is 6.04. The van der Waals surface area contributed by atoms with E-state index in [-0.39, 0.29) is 11.8 Å². The maximum absolute atomic E-state index is 12.2. The van der Waals surface area contributed by atoms with Crippen LogP contribution in [-0.4, -0.2) is 11.8 Å². The summed E-state index contributed by atoms with van der Waals surface area (Å²) >= 11 is 0. The highest BCUT2D eigenvalue weighted by Crippen LogP contribution is 2.14. The Labute approximate surface area is 136 Å². The van der Waals surface area contributed by atoms with E-state index >= 15 is 0 Å². The highest BCUT2D eigenvalue weighted by Gasteiger charge is 2.06. The number of hydrogen-bond donors (Lipinski definition) is 2. The van der Waals surface area contributed by atoms with Crippen LogP contribution < -0.4 is 10.6 Å². The number of nitrogens with one attached hydrogen (secondary N) is 2. The zero-order chi connectivity index (χ0) is 16.7. The van der Waals surface area contributed by atoms with Gasteiger partial charge in [0.1, 0.15) is 0 Å². The third kappa shape index (κ3) is 5.25. The van der Waals surface area contributed by atoms with Gasteiger partial charge in [-0.25, -0.2) is 0 Å². The van der Waals surface area contributed by atoms with Gasteiger partial charge in [-0.2, -0.15) is 0 Å². The summed E-state index contributed by atoms with van der Waals surface area (Å²) in [5.41, 5.74) is 3.29. The molecule has 0 atom stereocenters. The number of amides is 2. The lowest BCUT2D eigenvalue weighted by molar-refractivity contribution is -0.114. The average Bonchev–Trinajstić information content (AvgIpc) is 2.54. The molecule has 2 aromatic rings. The molecule has 0 aliphatic carbocycles. The van der Waals surface area contributed by atoms with Crippen molar-refractivity contribution in [2.45, 2.75) is 33.1 Å². The molecule has 0 saturated heterocycles. The zero-order valence-corrected chi connectivity index (χ0v) is 13.6. The van der Waals surface area contributed by atoms with Gasteiger partial charge in [-0.15, -0.1) is 0 Å². The van der Waals surface area contributed by atoms with E-state index in [1.807, 2.05) is 24.3 Å². The molecule has 0 aliphatic heterocycles. The van der Waals surface area contributed by atoms with Crippen LogP contribution in [0.2, 0.25) is 0 Å². The molecule has 0 bridgehead atoms. The fourth-order valence-corrected chi connectivity index (χ4v) is 2.25. The van der Waals surface area contributed by atoms with Crippen molar-refractivity contribution >= 4 is 23.2 Å². The van der Waals surface area contributed by atoms with Crippen LogP contribution in [0.25, 0.3) is 0 Å². The molecule has 2 aromatic carbocycles.